The van der Waals surface area contributed by atoms with Gasteiger partial charge in [-0.1, -0.05) is 18.2 Å². The van der Waals surface area contributed by atoms with E-state index in [0.717, 1.165) is 4.90 Å². The highest BCUT2D eigenvalue weighted by molar-refractivity contribution is 8.04. The van der Waals surface area contributed by atoms with Crippen LogP contribution in [0.3, 0.4) is 0 Å². The fraction of sp³-hybridized carbons (Fsp3) is 0.250. The van der Waals surface area contributed by atoms with Crippen LogP contribution in [0.1, 0.15) is 5.56 Å². The predicted molar refractivity (Wildman–Crippen MR) is 128 cm³/mol. The van der Waals surface area contributed by atoms with Gasteiger partial charge in [0, 0.05) is 23.4 Å². The molecule has 2 heterocycles. The molecule has 2 aliphatic rings. The standard InChI is InChI=1S/C24H22FN3O6S/c1-32-18-10-15(11-19(33-2)21(18)34-3)26-20(29)13-27-17-8-9-35-22(17)23(30)28(24(27)31)12-14-6-4-5-7-16(14)25/h4-11,22H,12-13H2,1-3H3/p+1. The fourth-order valence-electron chi connectivity index (χ4n) is 3.85. The summed E-state index contributed by atoms with van der Waals surface area (Å²) in [6, 6.07) is 8.36. The van der Waals surface area contributed by atoms with E-state index < -0.39 is 28.9 Å². The molecule has 9 nitrogen and oxygen atoms in total. The summed E-state index contributed by atoms with van der Waals surface area (Å²) in [4.78, 5) is 40.2. The summed E-state index contributed by atoms with van der Waals surface area (Å²) >= 11 is 1.23. The van der Waals surface area contributed by atoms with Crippen LogP contribution in [0, 0.1) is 5.82 Å². The molecule has 0 bridgehead atoms. The van der Waals surface area contributed by atoms with Gasteiger partial charge in [-0.25, -0.2) is 9.18 Å². The smallest absolute Gasteiger partial charge is 0.493 e. The van der Waals surface area contributed by atoms with Crippen molar-refractivity contribution in [3.63, 3.8) is 0 Å². The number of halogens is 1. The lowest BCUT2D eigenvalue weighted by atomic mass is 10.1. The van der Waals surface area contributed by atoms with Gasteiger partial charge in [0.2, 0.25) is 5.75 Å². The third kappa shape index (κ3) is 4.72. The Balaban J connectivity index is 1.59. The molecule has 0 saturated heterocycles. The molecular weight excluding hydrogens is 477 g/mol. The zero-order chi connectivity index (χ0) is 25.1. The van der Waals surface area contributed by atoms with Gasteiger partial charge in [-0.3, -0.25) is 4.79 Å². The Labute approximate surface area is 205 Å². The van der Waals surface area contributed by atoms with Gasteiger partial charge in [0.1, 0.15) is 18.1 Å². The molecule has 11 heteroatoms. The van der Waals surface area contributed by atoms with Gasteiger partial charge in [0.25, 0.3) is 5.91 Å². The monoisotopic (exact) mass is 500 g/mol. The van der Waals surface area contributed by atoms with E-state index in [4.69, 9.17) is 14.2 Å². The van der Waals surface area contributed by atoms with Crippen LogP contribution in [-0.2, 0) is 16.1 Å². The number of hydrogen-bond donors (Lipinski definition) is 1. The molecule has 2 aromatic rings. The van der Waals surface area contributed by atoms with Gasteiger partial charge in [0.15, 0.2) is 23.3 Å². The molecule has 1 unspecified atom stereocenters. The van der Waals surface area contributed by atoms with Gasteiger partial charge in [-0.05, 0) is 17.6 Å². The molecule has 2 aromatic carbocycles. The number of thioether (sulfide) groups is 1. The van der Waals surface area contributed by atoms with E-state index in [-0.39, 0.29) is 18.7 Å². The van der Waals surface area contributed by atoms with Crippen molar-refractivity contribution in [3.05, 3.63) is 59.3 Å². The number of fused-ring (bicyclic) bond motifs is 1. The van der Waals surface area contributed by atoms with Gasteiger partial charge >= 0.3 is 11.9 Å². The maximum atomic E-state index is 14.2. The molecule has 2 aliphatic heterocycles. The number of imide groups is 1. The van der Waals surface area contributed by atoms with E-state index in [1.807, 2.05) is 0 Å². The van der Waals surface area contributed by atoms with Crippen molar-refractivity contribution in [3.8, 4) is 17.2 Å². The molecule has 0 saturated carbocycles. The minimum atomic E-state index is -0.698. The van der Waals surface area contributed by atoms with Crippen molar-refractivity contribution in [2.24, 2.45) is 0 Å². The number of carbonyl (C=O) groups excluding carboxylic acids is 3. The minimum Gasteiger partial charge on any atom is -0.493 e. The Morgan fingerprint density at radius 3 is 2.43 bits per heavy atom. The molecule has 1 N–H and O–H groups in total. The number of hydrogen-bond acceptors (Lipinski definition) is 7. The number of amides is 4. The third-order valence-electron chi connectivity index (χ3n) is 5.52. The highest BCUT2D eigenvalue weighted by Crippen LogP contribution is 2.40. The summed E-state index contributed by atoms with van der Waals surface area (Å²) in [6.45, 7) is -0.590. The molecular formula is C24H23FN3O6S+. The summed E-state index contributed by atoms with van der Waals surface area (Å²) < 4.78 is 31.3. The van der Waals surface area contributed by atoms with Crippen LogP contribution in [0.5, 0.6) is 17.2 Å². The molecule has 0 spiro atoms. The van der Waals surface area contributed by atoms with Crippen LogP contribution >= 0.6 is 11.8 Å². The molecule has 35 heavy (non-hydrogen) atoms. The molecule has 0 aromatic heterocycles. The van der Waals surface area contributed by atoms with Crippen molar-refractivity contribution in [1.29, 1.82) is 0 Å². The molecule has 4 amide bonds. The average Bonchev–Trinajstić information content (AvgIpc) is 3.35. The quantitative estimate of drug-likeness (QED) is 0.557. The first-order valence-electron chi connectivity index (χ1n) is 10.5. The highest BCUT2D eigenvalue weighted by Gasteiger charge is 2.49. The molecule has 1 atom stereocenters. The number of nitrogens with one attached hydrogen (secondary N) is 1. The maximum absolute atomic E-state index is 14.2. The first-order valence-corrected chi connectivity index (χ1v) is 11.5. The maximum Gasteiger partial charge on any atom is 0.501 e. The molecule has 0 fully saturated rings. The SMILES string of the molecule is COc1cc(NC(=O)C[N+]2=C3C=CSC3C(=O)N(Cc3ccccc3F)C2=O)cc(OC)c1OC. The number of methoxy groups -OCH3 is 3. The van der Waals surface area contributed by atoms with Crippen molar-refractivity contribution in [2.45, 2.75) is 11.8 Å². The minimum absolute atomic E-state index is 0.204. The predicted octanol–water partition coefficient (Wildman–Crippen LogP) is 3.04. The van der Waals surface area contributed by atoms with Crippen LogP contribution in [-0.4, -0.2) is 66.2 Å². The van der Waals surface area contributed by atoms with Crippen LogP contribution in [0.15, 0.2) is 47.9 Å². The molecule has 182 valence electrons. The summed E-state index contributed by atoms with van der Waals surface area (Å²) in [5.41, 5.74) is 0.983. The van der Waals surface area contributed by atoms with Crippen LogP contribution < -0.4 is 19.5 Å². The Morgan fingerprint density at radius 1 is 1.11 bits per heavy atom. The van der Waals surface area contributed by atoms with Crippen LogP contribution in [0.2, 0.25) is 0 Å². The second kappa shape index (κ2) is 10.2. The zero-order valence-electron chi connectivity index (χ0n) is 19.2. The van der Waals surface area contributed by atoms with E-state index >= 15 is 0 Å². The number of allylic oxidation sites excluding steroid dienone is 1. The first kappa shape index (κ1) is 24.3. The highest BCUT2D eigenvalue weighted by atomic mass is 32.2. The summed E-state index contributed by atoms with van der Waals surface area (Å²) in [7, 11) is 4.38. The first-order chi connectivity index (χ1) is 16.9. The van der Waals surface area contributed by atoms with Crippen molar-refractivity contribution < 1.29 is 37.6 Å². The number of carbonyl (C=O) groups is 3. The fourth-order valence-corrected chi connectivity index (χ4v) is 4.82. The largest absolute Gasteiger partial charge is 0.501 e. The number of nitrogens with zero attached hydrogens (tertiary/aromatic N) is 2. The van der Waals surface area contributed by atoms with Crippen LogP contribution in [0.4, 0.5) is 14.9 Å². The van der Waals surface area contributed by atoms with E-state index in [2.05, 4.69) is 5.32 Å². The van der Waals surface area contributed by atoms with Crippen molar-refractivity contribution in [1.82, 2.24) is 4.90 Å². The van der Waals surface area contributed by atoms with Crippen molar-refractivity contribution in [2.75, 3.05) is 33.2 Å². The number of benzene rings is 2. The van der Waals surface area contributed by atoms with E-state index in [1.54, 1.807) is 29.7 Å². The normalized spacial score (nSPS) is 16.9. The Hall–Kier alpha value is -3.86. The van der Waals surface area contributed by atoms with Gasteiger partial charge in [0.05, 0.1) is 21.3 Å². The summed E-state index contributed by atoms with van der Waals surface area (Å²) in [5.74, 6) is -0.418. The van der Waals surface area contributed by atoms with Crippen LogP contribution in [0.25, 0.3) is 0 Å². The van der Waals surface area contributed by atoms with Gasteiger partial charge in [-0.15, -0.1) is 11.8 Å². The number of anilines is 1. The average molecular weight is 501 g/mol. The topological polar surface area (TPSA) is 97.2 Å². The summed E-state index contributed by atoms with van der Waals surface area (Å²) in [5, 5.41) is 3.73. The molecule has 4 rings (SSSR count). The number of urea groups is 1. The molecule has 0 radical (unpaired) electrons. The van der Waals surface area contributed by atoms with Gasteiger partial charge < -0.3 is 19.5 Å². The van der Waals surface area contributed by atoms with E-state index in [9.17, 15) is 18.8 Å². The zero-order valence-corrected chi connectivity index (χ0v) is 20.1. The number of rotatable bonds is 8. The molecule has 0 aliphatic carbocycles. The van der Waals surface area contributed by atoms with E-state index in [0.29, 0.717) is 28.6 Å². The second-order valence-electron chi connectivity index (χ2n) is 7.59. The Morgan fingerprint density at radius 2 is 1.80 bits per heavy atom. The third-order valence-corrected chi connectivity index (χ3v) is 6.53. The van der Waals surface area contributed by atoms with E-state index in [1.165, 1.54) is 55.9 Å². The Bertz CT molecular complexity index is 1240. The van der Waals surface area contributed by atoms with Gasteiger partial charge in [-0.2, -0.15) is 14.3 Å². The second-order valence-corrected chi connectivity index (χ2v) is 8.61. The Kier molecular flexibility index (Phi) is 7.06. The number of ether oxygens (including phenoxy) is 3. The lowest BCUT2D eigenvalue weighted by Crippen LogP contribution is -2.55. The van der Waals surface area contributed by atoms with Crippen molar-refractivity contribution >= 4 is 41.0 Å². The lowest BCUT2D eigenvalue weighted by molar-refractivity contribution is -0.426. The lowest BCUT2D eigenvalue weighted by Gasteiger charge is -2.24. The summed E-state index contributed by atoms with van der Waals surface area (Å²) in [6.07, 6.45) is 1.64.